The third-order valence-electron chi connectivity index (χ3n) is 4.90. The van der Waals surface area contributed by atoms with Crippen molar-refractivity contribution in [3.8, 4) is 0 Å². The summed E-state index contributed by atoms with van der Waals surface area (Å²) >= 11 is 0. The third-order valence-corrected chi connectivity index (χ3v) is 4.90. The molecule has 152 valence electrons. The molecule has 2 aliphatic rings. The number of nitro groups is 1. The zero-order valence-corrected chi connectivity index (χ0v) is 15.6. The van der Waals surface area contributed by atoms with Crippen molar-refractivity contribution in [1.82, 2.24) is 20.9 Å². The van der Waals surface area contributed by atoms with E-state index in [2.05, 4.69) is 21.1 Å². The second kappa shape index (κ2) is 10.0. The summed E-state index contributed by atoms with van der Waals surface area (Å²) < 4.78 is 0. The Bertz CT molecular complexity index is 577. The number of nitrogens with zero attached hydrogens (tertiary/aromatic N) is 3. The van der Waals surface area contributed by atoms with Gasteiger partial charge < -0.3 is 26.6 Å². The molecule has 0 radical (unpaired) electrons. The van der Waals surface area contributed by atoms with Crippen molar-refractivity contribution in [3.05, 3.63) is 10.1 Å². The number of hydrogen-bond acceptors (Lipinski definition) is 5. The molecule has 2 rings (SSSR count). The van der Waals surface area contributed by atoms with Crippen LogP contribution < -0.4 is 21.7 Å². The fourth-order valence-corrected chi connectivity index (χ4v) is 3.56. The van der Waals surface area contributed by atoms with Crippen LogP contribution in [0.4, 0.5) is 0 Å². The fourth-order valence-electron chi connectivity index (χ4n) is 3.56. The Hall–Kier alpha value is -2.43. The van der Waals surface area contributed by atoms with E-state index in [-0.39, 0.29) is 29.9 Å². The third kappa shape index (κ3) is 6.35. The molecular formula is C16H29N7O4. The standard InChI is InChI=1S/C16H29N7O4/c1-11(5-2-9-19-16(17)21-23(26)27)20-14(24)13-7-4-10-22(13)15(25)12-6-3-8-18-12/h11-13,18H,2-10H2,1H3,(H,20,24)(H3,17,19,21). The molecule has 0 aromatic heterocycles. The highest BCUT2D eigenvalue weighted by Crippen LogP contribution is 2.21. The number of rotatable bonds is 8. The van der Waals surface area contributed by atoms with Crippen LogP contribution in [-0.4, -0.2) is 65.5 Å². The first kappa shape index (κ1) is 20.9. The van der Waals surface area contributed by atoms with Crippen molar-refractivity contribution in [1.29, 1.82) is 0 Å². The molecule has 11 nitrogen and oxygen atoms in total. The van der Waals surface area contributed by atoms with Gasteiger partial charge in [-0.3, -0.25) is 9.59 Å². The molecule has 0 saturated carbocycles. The van der Waals surface area contributed by atoms with Gasteiger partial charge in [0, 0.05) is 19.1 Å². The zero-order chi connectivity index (χ0) is 19.8. The molecule has 27 heavy (non-hydrogen) atoms. The summed E-state index contributed by atoms with van der Waals surface area (Å²) in [6.07, 6.45) is 4.68. The van der Waals surface area contributed by atoms with Crippen LogP contribution in [0, 0.1) is 10.1 Å². The van der Waals surface area contributed by atoms with E-state index in [1.54, 1.807) is 4.90 Å². The van der Waals surface area contributed by atoms with E-state index in [1.807, 2.05) is 6.92 Å². The van der Waals surface area contributed by atoms with E-state index in [0.717, 1.165) is 25.8 Å². The molecule has 5 N–H and O–H groups in total. The van der Waals surface area contributed by atoms with Gasteiger partial charge in [0.15, 0.2) is 5.03 Å². The summed E-state index contributed by atoms with van der Waals surface area (Å²) in [6.45, 7) is 3.79. The predicted octanol–water partition coefficient (Wildman–Crippen LogP) is -0.890. The number of likely N-dealkylation sites (tertiary alicyclic amines) is 1. The lowest BCUT2D eigenvalue weighted by molar-refractivity contribution is -0.485. The molecule has 3 atom stereocenters. The van der Waals surface area contributed by atoms with Crippen molar-refractivity contribution in [2.45, 2.75) is 63.6 Å². The van der Waals surface area contributed by atoms with E-state index in [1.165, 1.54) is 0 Å². The number of hydrazone groups is 1. The Morgan fingerprint density at radius 2 is 2.19 bits per heavy atom. The number of amides is 2. The maximum absolute atomic E-state index is 12.6. The summed E-state index contributed by atoms with van der Waals surface area (Å²) in [6, 6.07) is -0.633. The molecule has 0 aromatic rings. The van der Waals surface area contributed by atoms with Crippen molar-refractivity contribution >= 4 is 17.8 Å². The first-order valence-electron chi connectivity index (χ1n) is 9.45. The van der Waals surface area contributed by atoms with Crippen LogP contribution in [0.2, 0.25) is 0 Å². The van der Waals surface area contributed by atoms with Gasteiger partial charge in [-0.2, -0.15) is 0 Å². The van der Waals surface area contributed by atoms with Crippen molar-refractivity contribution < 1.29 is 14.6 Å². The minimum atomic E-state index is -0.860. The molecule has 0 aliphatic carbocycles. The van der Waals surface area contributed by atoms with Crippen LogP contribution in [0.3, 0.4) is 0 Å². The first-order chi connectivity index (χ1) is 12.9. The molecule has 2 fully saturated rings. The Morgan fingerprint density at radius 3 is 2.85 bits per heavy atom. The minimum absolute atomic E-state index is 0.0301. The fraction of sp³-hybridized carbons (Fsp3) is 0.812. The molecule has 2 heterocycles. The lowest BCUT2D eigenvalue weighted by Crippen LogP contribution is -2.52. The van der Waals surface area contributed by atoms with Crippen molar-refractivity contribution in [2.75, 3.05) is 19.6 Å². The van der Waals surface area contributed by atoms with Gasteiger partial charge in [0.1, 0.15) is 11.1 Å². The van der Waals surface area contributed by atoms with Gasteiger partial charge in [-0.25, -0.2) is 10.1 Å². The maximum Gasteiger partial charge on any atom is 0.266 e. The number of nitrogens with two attached hydrogens (primary N) is 1. The SMILES string of the molecule is CC(CCCN/C(N)=N/[N+](=O)[O-])NC(=O)C1CCCN1C(=O)C1CCCN1. The maximum atomic E-state index is 12.6. The van der Waals surface area contributed by atoms with Gasteiger partial charge in [0.25, 0.3) is 5.96 Å². The number of nitrogens with one attached hydrogen (secondary N) is 3. The van der Waals surface area contributed by atoms with E-state index in [0.29, 0.717) is 32.4 Å². The molecule has 2 saturated heterocycles. The topological polar surface area (TPSA) is 155 Å². The Kier molecular flexibility index (Phi) is 7.77. The van der Waals surface area contributed by atoms with Crippen LogP contribution in [0.15, 0.2) is 5.10 Å². The van der Waals surface area contributed by atoms with E-state index >= 15 is 0 Å². The Morgan fingerprint density at radius 1 is 1.41 bits per heavy atom. The average molecular weight is 383 g/mol. The Balaban J connectivity index is 1.73. The largest absolute Gasteiger partial charge is 0.365 e. The average Bonchev–Trinajstić information content (AvgIpc) is 3.28. The molecule has 11 heteroatoms. The summed E-state index contributed by atoms with van der Waals surface area (Å²) in [4.78, 5) is 37.1. The minimum Gasteiger partial charge on any atom is -0.365 e. The lowest BCUT2D eigenvalue weighted by Gasteiger charge is -2.27. The van der Waals surface area contributed by atoms with Crippen LogP contribution in [-0.2, 0) is 9.59 Å². The second-order valence-electron chi connectivity index (χ2n) is 7.04. The molecule has 2 aliphatic heterocycles. The molecule has 0 bridgehead atoms. The molecule has 0 spiro atoms. The van der Waals surface area contributed by atoms with Crippen molar-refractivity contribution in [2.24, 2.45) is 10.8 Å². The van der Waals surface area contributed by atoms with Gasteiger partial charge in [-0.05, 0) is 52.0 Å². The summed E-state index contributed by atoms with van der Waals surface area (Å²) in [5, 5.41) is 21.1. The number of carbonyl (C=O) groups is 2. The normalized spacial score (nSPS) is 23.9. The summed E-state index contributed by atoms with van der Waals surface area (Å²) in [5.41, 5.74) is 5.34. The number of guanidine groups is 1. The number of hydrogen-bond donors (Lipinski definition) is 4. The zero-order valence-electron chi connectivity index (χ0n) is 15.6. The van der Waals surface area contributed by atoms with E-state index in [9.17, 15) is 19.7 Å². The smallest absolute Gasteiger partial charge is 0.266 e. The molecule has 0 aromatic carbocycles. The first-order valence-corrected chi connectivity index (χ1v) is 9.45. The van der Waals surface area contributed by atoms with Gasteiger partial charge in [-0.15, -0.1) is 0 Å². The highest BCUT2D eigenvalue weighted by atomic mass is 16.7. The highest BCUT2D eigenvalue weighted by Gasteiger charge is 2.37. The van der Waals surface area contributed by atoms with Gasteiger partial charge in [0.05, 0.1) is 6.04 Å². The van der Waals surface area contributed by atoms with Crippen LogP contribution in [0.1, 0.15) is 45.4 Å². The van der Waals surface area contributed by atoms with Gasteiger partial charge in [0.2, 0.25) is 11.8 Å². The van der Waals surface area contributed by atoms with Crippen LogP contribution >= 0.6 is 0 Å². The second-order valence-corrected chi connectivity index (χ2v) is 7.04. The van der Waals surface area contributed by atoms with Crippen LogP contribution in [0.5, 0.6) is 0 Å². The molecule has 2 amide bonds. The summed E-state index contributed by atoms with van der Waals surface area (Å²) in [5.74, 6) is -0.325. The molecule has 3 unspecified atom stereocenters. The monoisotopic (exact) mass is 383 g/mol. The van der Waals surface area contributed by atoms with E-state index in [4.69, 9.17) is 5.73 Å². The Labute approximate surface area is 158 Å². The highest BCUT2D eigenvalue weighted by molar-refractivity contribution is 5.90. The molecular weight excluding hydrogens is 354 g/mol. The predicted molar refractivity (Wildman–Crippen MR) is 99.2 cm³/mol. The number of carbonyl (C=O) groups excluding carboxylic acids is 2. The lowest BCUT2D eigenvalue weighted by atomic mass is 10.1. The summed E-state index contributed by atoms with van der Waals surface area (Å²) in [7, 11) is 0. The quantitative estimate of drug-likeness (QED) is 0.139. The van der Waals surface area contributed by atoms with Gasteiger partial charge in [-0.1, -0.05) is 0 Å². The van der Waals surface area contributed by atoms with E-state index < -0.39 is 11.1 Å². The van der Waals surface area contributed by atoms with Gasteiger partial charge >= 0.3 is 0 Å². The van der Waals surface area contributed by atoms with Crippen LogP contribution in [0.25, 0.3) is 0 Å². The van der Waals surface area contributed by atoms with Crippen molar-refractivity contribution in [3.63, 3.8) is 0 Å².